The number of nitrogens with zero attached hydrogens (tertiary/aromatic N) is 4. The molecule has 0 aliphatic carbocycles. The molecule has 0 amide bonds. The summed E-state index contributed by atoms with van der Waals surface area (Å²) in [4.78, 5) is 25.4. The molecule has 2 aromatic carbocycles. The molecule has 1 aliphatic rings. The maximum absolute atomic E-state index is 11.4. The highest BCUT2D eigenvalue weighted by Crippen LogP contribution is 2.26. The van der Waals surface area contributed by atoms with Crippen molar-refractivity contribution >= 4 is 29.1 Å². The van der Waals surface area contributed by atoms with Crippen molar-refractivity contribution in [3.05, 3.63) is 74.2 Å². The number of carboxylic acids is 1. The van der Waals surface area contributed by atoms with Crippen LogP contribution >= 0.6 is 11.3 Å². The number of phenolic OH excluding ortho intramolecular Hbond substituents is 1. The molecule has 0 bridgehead atoms. The van der Waals surface area contributed by atoms with E-state index in [0.717, 1.165) is 16.8 Å². The molecule has 140 valence electrons. The number of hydrogen-bond donors (Lipinski definition) is 3. The molecule has 3 aromatic rings. The monoisotopic (exact) mass is 394 g/mol. The summed E-state index contributed by atoms with van der Waals surface area (Å²) in [5.41, 5.74) is 0.0352. The Hall–Kier alpha value is -3.72. The average molecular weight is 394 g/mol. The highest BCUT2D eigenvalue weighted by atomic mass is 32.1. The molecule has 0 saturated heterocycles. The first-order valence-corrected chi connectivity index (χ1v) is 8.98. The molecule has 2 heterocycles. The Labute approximate surface area is 162 Å². The maximum atomic E-state index is 11.4. The zero-order valence-corrected chi connectivity index (χ0v) is 15.4. The summed E-state index contributed by atoms with van der Waals surface area (Å²) in [6, 6.07) is 11.3. The van der Waals surface area contributed by atoms with Crippen LogP contribution < -0.4 is 15.5 Å². The number of thiazole rings is 1. The fourth-order valence-electron chi connectivity index (χ4n) is 2.66. The number of benzene rings is 2. The predicted octanol–water partition coefficient (Wildman–Crippen LogP) is 1.68. The average Bonchev–Trinajstić information content (AvgIpc) is 3.19. The fourth-order valence-corrected chi connectivity index (χ4v) is 3.62. The summed E-state index contributed by atoms with van der Waals surface area (Å²) in [7, 11) is 1.62. The number of aromatic carboxylic acids is 1. The van der Waals surface area contributed by atoms with Gasteiger partial charge in [-0.15, -0.1) is 0 Å². The lowest BCUT2D eigenvalue weighted by Crippen LogP contribution is -2.19. The Kier molecular flexibility index (Phi) is 4.28. The van der Waals surface area contributed by atoms with Crippen LogP contribution in [-0.2, 0) is 7.05 Å². The number of carbonyl (C=O) groups is 1. The van der Waals surface area contributed by atoms with Crippen molar-refractivity contribution in [3.63, 3.8) is 0 Å². The molecule has 3 N–H and O–H groups in total. The second kappa shape index (κ2) is 6.78. The van der Waals surface area contributed by atoms with Crippen LogP contribution in [0.25, 0.3) is 6.08 Å². The molecule has 1 aromatic heterocycles. The minimum absolute atomic E-state index is 0.0340. The van der Waals surface area contributed by atoms with Gasteiger partial charge in [-0.2, -0.15) is 0 Å². The van der Waals surface area contributed by atoms with Crippen molar-refractivity contribution in [1.29, 1.82) is 0 Å². The van der Waals surface area contributed by atoms with E-state index in [-0.39, 0.29) is 22.9 Å². The van der Waals surface area contributed by atoms with E-state index in [0.29, 0.717) is 15.5 Å². The second-order valence-corrected chi connectivity index (χ2v) is 6.97. The van der Waals surface area contributed by atoms with Crippen LogP contribution in [0.2, 0.25) is 0 Å². The van der Waals surface area contributed by atoms with Gasteiger partial charge in [0.1, 0.15) is 5.75 Å². The lowest BCUT2D eigenvalue weighted by atomic mass is 10.2. The summed E-state index contributed by atoms with van der Waals surface area (Å²) in [6.07, 6.45) is 1.65. The van der Waals surface area contributed by atoms with Gasteiger partial charge < -0.3 is 15.3 Å². The maximum Gasteiger partial charge on any atom is 0.338 e. The van der Waals surface area contributed by atoms with Crippen LogP contribution in [0.15, 0.2) is 63.3 Å². The van der Waals surface area contributed by atoms with E-state index in [1.807, 2.05) is 24.3 Å². The molecule has 0 saturated carbocycles. The van der Waals surface area contributed by atoms with Crippen LogP contribution in [0.5, 0.6) is 11.6 Å². The molecule has 1 aliphatic heterocycles. The fraction of sp³-hybridized carbons (Fsp3) is 0.0526. The predicted molar refractivity (Wildman–Crippen MR) is 102 cm³/mol. The number of para-hydroxylation sites is 2. The Morgan fingerprint density at radius 1 is 1.14 bits per heavy atom. The van der Waals surface area contributed by atoms with Crippen LogP contribution in [0.4, 0.5) is 5.69 Å². The Bertz CT molecular complexity index is 1300. The van der Waals surface area contributed by atoms with Gasteiger partial charge >= 0.3 is 5.97 Å². The second-order valence-electron chi connectivity index (χ2n) is 5.96. The number of aromatic nitrogens is 1. The van der Waals surface area contributed by atoms with E-state index in [1.165, 1.54) is 28.0 Å². The molecule has 0 atom stereocenters. The highest BCUT2D eigenvalue weighted by molar-refractivity contribution is 7.10. The van der Waals surface area contributed by atoms with Gasteiger partial charge in [0.2, 0.25) is 5.88 Å². The number of rotatable bonds is 3. The van der Waals surface area contributed by atoms with E-state index in [4.69, 9.17) is 0 Å². The van der Waals surface area contributed by atoms with Gasteiger partial charge in [0, 0.05) is 13.1 Å². The number of aromatic hydroxyl groups is 2. The molecule has 28 heavy (non-hydrogen) atoms. The number of carboxylic acid groups (broad SMARTS) is 1. The zero-order valence-electron chi connectivity index (χ0n) is 14.6. The first-order valence-electron chi connectivity index (χ1n) is 8.16. The van der Waals surface area contributed by atoms with E-state index in [2.05, 4.69) is 15.0 Å². The first-order chi connectivity index (χ1) is 13.4. The molecule has 0 unspecified atom stereocenters. The van der Waals surface area contributed by atoms with Crippen molar-refractivity contribution in [2.45, 2.75) is 0 Å². The topological polar surface area (TPSA) is 120 Å². The van der Waals surface area contributed by atoms with E-state index >= 15 is 0 Å². The third-order valence-electron chi connectivity index (χ3n) is 4.06. The van der Waals surface area contributed by atoms with Crippen molar-refractivity contribution in [3.8, 4) is 11.6 Å². The molecule has 0 radical (unpaired) electrons. The SMILES string of the molecule is Cn1c(O)c(C=C2N=c3ccccc3=N2)sc1=Nc1ccc(O)cc1C(=O)O. The molecule has 8 nitrogen and oxygen atoms in total. The number of fused-ring (bicyclic) bond motifs is 1. The third kappa shape index (κ3) is 3.19. The number of hydrogen-bond acceptors (Lipinski definition) is 7. The van der Waals surface area contributed by atoms with Crippen LogP contribution in [0.3, 0.4) is 0 Å². The van der Waals surface area contributed by atoms with Crippen molar-refractivity contribution in [1.82, 2.24) is 4.57 Å². The van der Waals surface area contributed by atoms with Gasteiger partial charge in [0.25, 0.3) is 0 Å². The summed E-state index contributed by atoms with van der Waals surface area (Å²) in [5, 5.41) is 30.8. The van der Waals surface area contributed by atoms with E-state index < -0.39 is 5.97 Å². The zero-order chi connectivity index (χ0) is 19.8. The minimum Gasteiger partial charge on any atom is -0.508 e. The van der Waals surface area contributed by atoms with Crippen LogP contribution in [0, 0.1) is 0 Å². The quantitative estimate of drug-likeness (QED) is 0.626. The lowest BCUT2D eigenvalue weighted by Gasteiger charge is -2.01. The van der Waals surface area contributed by atoms with Gasteiger partial charge in [-0.25, -0.2) is 19.8 Å². The largest absolute Gasteiger partial charge is 0.508 e. The van der Waals surface area contributed by atoms with Gasteiger partial charge in [-0.3, -0.25) is 4.57 Å². The van der Waals surface area contributed by atoms with Crippen molar-refractivity contribution in [2.24, 2.45) is 22.0 Å². The Morgan fingerprint density at radius 3 is 2.46 bits per heavy atom. The van der Waals surface area contributed by atoms with Crippen molar-refractivity contribution in [2.75, 3.05) is 0 Å². The summed E-state index contributed by atoms with van der Waals surface area (Å²) in [5.74, 6) is -0.944. The summed E-state index contributed by atoms with van der Waals surface area (Å²) in [6.45, 7) is 0. The molecule has 0 fully saturated rings. The van der Waals surface area contributed by atoms with E-state index in [1.54, 1.807) is 13.1 Å². The molecule has 4 rings (SSSR count). The lowest BCUT2D eigenvalue weighted by molar-refractivity contribution is 0.0697. The highest BCUT2D eigenvalue weighted by Gasteiger charge is 2.14. The summed E-state index contributed by atoms with van der Waals surface area (Å²) < 4.78 is 1.44. The van der Waals surface area contributed by atoms with Crippen LogP contribution in [-0.4, -0.2) is 25.9 Å². The molecule has 9 heteroatoms. The first kappa shape index (κ1) is 17.7. The summed E-state index contributed by atoms with van der Waals surface area (Å²) >= 11 is 1.17. The molecular formula is C19H14N4O4S. The minimum atomic E-state index is -1.21. The van der Waals surface area contributed by atoms with Gasteiger partial charge in [0.05, 0.1) is 26.8 Å². The van der Waals surface area contributed by atoms with E-state index in [9.17, 15) is 20.1 Å². The number of phenols is 1. The molecule has 0 spiro atoms. The smallest absolute Gasteiger partial charge is 0.338 e. The van der Waals surface area contributed by atoms with Gasteiger partial charge in [-0.05, 0) is 30.3 Å². The van der Waals surface area contributed by atoms with Crippen LogP contribution in [0.1, 0.15) is 15.2 Å². The Morgan fingerprint density at radius 2 is 1.82 bits per heavy atom. The normalized spacial score (nSPS) is 13.0. The van der Waals surface area contributed by atoms with Crippen molar-refractivity contribution < 1.29 is 20.1 Å². The standard InChI is InChI=1S/C19H14N4O4S/c1-23-17(25)15(9-16-20-13-4-2-3-5-14(13)21-16)28-19(23)22-12-7-6-10(24)8-11(12)18(26)27/h2-9,24-25H,1H3,(H,26,27). The Balaban J connectivity index is 1.81. The van der Waals surface area contributed by atoms with Gasteiger partial charge in [0.15, 0.2) is 10.6 Å². The molecular weight excluding hydrogens is 380 g/mol. The third-order valence-corrected chi connectivity index (χ3v) is 5.13. The van der Waals surface area contributed by atoms with Gasteiger partial charge in [-0.1, -0.05) is 23.5 Å².